The molecule has 3 rings (SSSR count). The Balaban J connectivity index is 1.80. The first-order valence-electron chi connectivity index (χ1n) is 7.50. The molecular formula is C18H21NO2. The Hall–Kier alpha value is -2.00. The van der Waals surface area contributed by atoms with Gasteiger partial charge in [0.25, 0.3) is 0 Å². The van der Waals surface area contributed by atoms with Crippen molar-refractivity contribution >= 4 is 0 Å². The fourth-order valence-electron chi connectivity index (χ4n) is 3.17. The molecule has 2 aromatic rings. The number of fused-ring (bicyclic) bond motifs is 1. The Morgan fingerprint density at radius 3 is 2.71 bits per heavy atom. The van der Waals surface area contributed by atoms with Crippen molar-refractivity contribution in [2.24, 2.45) is 0 Å². The molecule has 21 heavy (non-hydrogen) atoms. The minimum atomic E-state index is 0.168. The smallest absolute Gasteiger partial charge is 0.115 e. The lowest BCUT2D eigenvalue weighted by Crippen LogP contribution is -2.27. The van der Waals surface area contributed by atoms with Gasteiger partial charge in [-0.2, -0.15) is 0 Å². The van der Waals surface area contributed by atoms with Gasteiger partial charge in [0.15, 0.2) is 0 Å². The summed E-state index contributed by atoms with van der Waals surface area (Å²) in [5, 5.41) is 22.9. The first kappa shape index (κ1) is 14.0. The minimum Gasteiger partial charge on any atom is -0.508 e. The van der Waals surface area contributed by atoms with Crippen molar-refractivity contribution in [2.75, 3.05) is 0 Å². The van der Waals surface area contributed by atoms with Crippen molar-refractivity contribution in [1.29, 1.82) is 0 Å². The molecule has 0 heterocycles. The van der Waals surface area contributed by atoms with E-state index < -0.39 is 0 Å². The zero-order valence-corrected chi connectivity index (χ0v) is 12.2. The number of hydrogen-bond donors (Lipinski definition) is 3. The fourth-order valence-corrected chi connectivity index (χ4v) is 3.17. The van der Waals surface area contributed by atoms with E-state index in [1.807, 2.05) is 24.3 Å². The molecule has 2 aromatic carbocycles. The van der Waals surface area contributed by atoms with Crippen molar-refractivity contribution in [3.05, 3.63) is 59.2 Å². The van der Waals surface area contributed by atoms with E-state index in [1.54, 1.807) is 18.2 Å². The predicted octanol–water partition coefficient (Wildman–Crippen LogP) is 3.83. The van der Waals surface area contributed by atoms with Crippen molar-refractivity contribution in [3.8, 4) is 11.5 Å². The van der Waals surface area contributed by atoms with Gasteiger partial charge < -0.3 is 15.5 Å². The Morgan fingerprint density at radius 2 is 1.90 bits per heavy atom. The lowest BCUT2D eigenvalue weighted by atomic mass is 9.87. The average molecular weight is 283 g/mol. The summed E-state index contributed by atoms with van der Waals surface area (Å²) in [6.45, 7) is 2.11. The maximum Gasteiger partial charge on any atom is 0.115 e. The van der Waals surface area contributed by atoms with Crippen molar-refractivity contribution < 1.29 is 10.2 Å². The van der Waals surface area contributed by atoms with Gasteiger partial charge in [0.05, 0.1) is 0 Å². The molecule has 1 aliphatic carbocycles. The van der Waals surface area contributed by atoms with Gasteiger partial charge in [-0.25, -0.2) is 0 Å². The van der Waals surface area contributed by atoms with E-state index in [9.17, 15) is 10.2 Å². The Kier molecular flexibility index (Phi) is 3.84. The van der Waals surface area contributed by atoms with Crippen LogP contribution in [-0.2, 0) is 6.42 Å². The highest BCUT2D eigenvalue weighted by Crippen LogP contribution is 2.33. The molecule has 110 valence electrons. The van der Waals surface area contributed by atoms with E-state index in [0.29, 0.717) is 17.5 Å². The van der Waals surface area contributed by atoms with E-state index in [0.717, 1.165) is 24.8 Å². The summed E-state index contributed by atoms with van der Waals surface area (Å²) in [6, 6.07) is 13.5. The first-order chi connectivity index (χ1) is 10.1. The van der Waals surface area contributed by atoms with Crippen LogP contribution < -0.4 is 5.32 Å². The van der Waals surface area contributed by atoms with Gasteiger partial charge in [-0.05, 0) is 67.1 Å². The number of hydrogen-bond acceptors (Lipinski definition) is 3. The number of phenols is 2. The standard InChI is InChI=1S/C18H21NO2/c1-12(13-4-2-6-15(20)10-13)19-18-7-3-5-14-11-16(21)8-9-17(14)18/h2,4,6,8-12,18-21H,3,5,7H2,1H3. The molecule has 2 atom stereocenters. The number of rotatable bonds is 3. The predicted molar refractivity (Wildman–Crippen MR) is 83.4 cm³/mol. The van der Waals surface area contributed by atoms with Crippen molar-refractivity contribution in [2.45, 2.75) is 38.3 Å². The van der Waals surface area contributed by atoms with E-state index in [-0.39, 0.29) is 6.04 Å². The molecule has 3 nitrogen and oxygen atoms in total. The van der Waals surface area contributed by atoms with Crippen molar-refractivity contribution in [1.82, 2.24) is 5.32 Å². The summed E-state index contributed by atoms with van der Waals surface area (Å²) in [5.41, 5.74) is 3.61. The van der Waals surface area contributed by atoms with Crippen molar-refractivity contribution in [3.63, 3.8) is 0 Å². The second-order valence-electron chi connectivity index (χ2n) is 5.81. The Labute approximate surface area is 125 Å². The summed E-state index contributed by atoms with van der Waals surface area (Å²) < 4.78 is 0. The minimum absolute atomic E-state index is 0.168. The quantitative estimate of drug-likeness (QED) is 0.802. The molecular weight excluding hydrogens is 262 g/mol. The highest BCUT2D eigenvalue weighted by atomic mass is 16.3. The van der Waals surface area contributed by atoms with Gasteiger partial charge in [-0.1, -0.05) is 18.2 Å². The number of nitrogens with one attached hydrogen (secondary N) is 1. The van der Waals surface area contributed by atoms with Gasteiger partial charge in [0.1, 0.15) is 11.5 Å². The van der Waals surface area contributed by atoms with Gasteiger partial charge in [-0.15, -0.1) is 0 Å². The molecule has 3 N–H and O–H groups in total. The van der Waals surface area contributed by atoms with Crippen LogP contribution in [0.3, 0.4) is 0 Å². The summed E-state index contributed by atoms with van der Waals surface area (Å²) in [5.74, 6) is 0.644. The maximum absolute atomic E-state index is 9.62. The van der Waals surface area contributed by atoms with Crippen LogP contribution in [0, 0.1) is 0 Å². The molecule has 0 bridgehead atoms. The van der Waals surface area contributed by atoms with Gasteiger partial charge in [-0.3, -0.25) is 0 Å². The molecule has 0 radical (unpaired) electrons. The maximum atomic E-state index is 9.62. The first-order valence-corrected chi connectivity index (χ1v) is 7.50. The highest BCUT2D eigenvalue weighted by Gasteiger charge is 2.22. The van der Waals surface area contributed by atoms with Crippen LogP contribution in [-0.4, -0.2) is 10.2 Å². The Morgan fingerprint density at radius 1 is 1.10 bits per heavy atom. The number of aryl methyl sites for hydroxylation is 1. The zero-order valence-electron chi connectivity index (χ0n) is 12.2. The summed E-state index contributed by atoms with van der Waals surface area (Å²) >= 11 is 0. The van der Waals surface area contributed by atoms with Gasteiger partial charge >= 0.3 is 0 Å². The largest absolute Gasteiger partial charge is 0.508 e. The van der Waals surface area contributed by atoms with Crippen LogP contribution >= 0.6 is 0 Å². The summed E-state index contributed by atoms with van der Waals surface area (Å²) in [7, 11) is 0. The molecule has 0 aliphatic heterocycles. The third-order valence-corrected chi connectivity index (χ3v) is 4.26. The van der Waals surface area contributed by atoms with Gasteiger partial charge in [0, 0.05) is 12.1 Å². The van der Waals surface area contributed by atoms with E-state index in [1.165, 1.54) is 11.1 Å². The number of phenolic OH excluding ortho intramolecular Hbond substituents is 2. The lowest BCUT2D eigenvalue weighted by Gasteiger charge is -2.29. The van der Waals surface area contributed by atoms with Crippen LogP contribution in [0.4, 0.5) is 0 Å². The summed E-state index contributed by atoms with van der Waals surface area (Å²) in [4.78, 5) is 0. The highest BCUT2D eigenvalue weighted by molar-refractivity contribution is 5.38. The second-order valence-corrected chi connectivity index (χ2v) is 5.81. The molecule has 0 fully saturated rings. The third kappa shape index (κ3) is 3.03. The molecule has 0 saturated carbocycles. The molecule has 0 spiro atoms. The molecule has 1 aliphatic rings. The lowest BCUT2D eigenvalue weighted by molar-refractivity contribution is 0.411. The Bertz CT molecular complexity index is 639. The summed E-state index contributed by atoms with van der Waals surface area (Å²) in [6.07, 6.45) is 3.25. The topological polar surface area (TPSA) is 52.5 Å². The van der Waals surface area contributed by atoms with Crippen LogP contribution in [0.25, 0.3) is 0 Å². The normalized spacial score (nSPS) is 19.0. The SMILES string of the molecule is CC(NC1CCCc2cc(O)ccc21)c1cccc(O)c1. The zero-order chi connectivity index (χ0) is 14.8. The van der Waals surface area contributed by atoms with Gasteiger partial charge in [0.2, 0.25) is 0 Å². The van der Waals surface area contributed by atoms with Crippen LogP contribution in [0.15, 0.2) is 42.5 Å². The molecule has 3 heteroatoms. The molecule has 0 saturated heterocycles. The molecule has 0 amide bonds. The second kappa shape index (κ2) is 5.78. The molecule has 0 aromatic heterocycles. The van der Waals surface area contributed by atoms with Crippen LogP contribution in [0.1, 0.15) is 48.5 Å². The van der Waals surface area contributed by atoms with Crippen LogP contribution in [0.5, 0.6) is 11.5 Å². The fraction of sp³-hybridized carbons (Fsp3) is 0.333. The van der Waals surface area contributed by atoms with E-state index >= 15 is 0 Å². The van der Waals surface area contributed by atoms with E-state index in [2.05, 4.69) is 12.2 Å². The monoisotopic (exact) mass is 283 g/mol. The number of aromatic hydroxyl groups is 2. The number of benzene rings is 2. The molecule has 2 unspecified atom stereocenters. The van der Waals surface area contributed by atoms with E-state index in [4.69, 9.17) is 0 Å². The third-order valence-electron chi connectivity index (χ3n) is 4.26. The van der Waals surface area contributed by atoms with Crippen LogP contribution in [0.2, 0.25) is 0 Å². The average Bonchev–Trinajstić information content (AvgIpc) is 2.47.